The SMILES string of the molecule is CC(C)C1=CC2CCC(C1)CN(C(C)C)C2. The first-order chi connectivity index (χ1) is 7.56. The standard InChI is InChI=1S/C15H27N/c1-11(2)15-7-13-5-6-14(8-15)10-16(9-13)12(3)4/h7,11-14H,5-6,8-10H2,1-4H3. The second-order valence-corrected chi connectivity index (χ2v) is 6.35. The number of likely N-dealkylation sites (tertiary alicyclic amines) is 1. The molecule has 0 aromatic carbocycles. The van der Waals surface area contributed by atoms with Crippen LogP contribution in [0.5, 0.6) is 0 Å². The fourth-order valence-corrected chi connectivity index (χ4v) is 3.20. The third-order valence-electron chi connectivity index (χ3n) is 4.35. The van der Waals surface area contributed by atoms with Gasteiger partial charge in [0.1, 0.15) is 0 Å². The lowest BCUT2D eigenvalue weighted by Crippen LogP contribution is -2.37. The minimum atomic E-state index is 0.720. The molecule has 16 heavy (non-hydrogen) atoms. The third-order valence-corrected chi connectivity index (χ3v) is 4.35. The number of nitrogens with zero attached hydrogens (tertiary/aromatic N) is 1. The molecule has 0 amide bonds. The first kappa shape index (κ1) is 12.2. The molecule has 0 N–H and O–H groups in total. The summed E-state index contributed by atoms with van der Waals surface area (Å²) in [4.78, 5) is 2.69. The van der Waals surface area contributed by atoms with Gasteiger partial charge >= 0.3 is 0 Å². The van der Waals surface area contributed by atoms with Crippen molar-refractivity contribution in [2.75, 3.05) is 13.1 Å². The van der Waals surface area contributed by atoms with E-state index in [1.165, 1.54) is 32.4 Å². The molecule has 92 valence electrons. The fraction of sp³-hybridized carbons (Fsp3) is 0.867. The Bertz CT molecular complexity index is 265. The van der Waals surface area contributed by atoms with Crippen LogP contribution in [0.15, 0.2) is 11.6 Å². The van der Waals surface area contributed by atoms with Crippen LogP contribution in [-0.2, 0) is 0 Å². The summed E-state index contributed by atoms with van der Waals surface area (Å²) in [7, 11) is 0. The van der Waals surface area contributed by atoms with Crippen molar-refractivity contribution in [2.45, 2.75) is 53.0 Å². The molecule has 0 aromatic heterocycles. The highest BCUT2D eigenvalue weighted by molar-refractivity contribution is 5.12. The van der Waals surface area contributed by atoms with Gasteiger partial charge in [-0.3, -0.25) is 0 Å². The Hall–Kier alpha value is -0.300. The van der Waals surface area contributed by atoms with Crippen LogP contribution in [-0.4, -0.2) is 24.0 Å². The Morgan fingerprint density at radius 2 is 1.88 bits per heavy atom. The van der Waals surface area contributed by atoms with Crippen LogP contribution in [0.25, 0.3) is 0 Å². The lowest BCUT2D eigenvalue weighted by atomic mass is 9.90. The van der Waals surface area contributed by atoms with Crippen molar-refractivity contribution >= 4 is 0 Å². The lowest BCUT2D eigenvalue weighted by molar-refractivity contribution is 0.186. The van der Waals surface area contributed by atoms with Crippen LogP contribution in [0, 0.1) is 17.8 Å². The molecule has 1 aliphatic carbocycles. The Morgan fingerprint density at radius 1 is 1.12 bits per heavy atom. The first-order valence-corrected chi connectivity index (χ1v) is 7.01. The predicted molar refractivity (Wildman–Crippen MR) is 70.5 cm³/mol. The molecule has 1 nitrogen and oxygen atoms in total. The molecule has 1 saturated heterocycles. The molecule has 0 radical (unpaired) electrons. The maximum absolute atomic E-state index is 2.69. The molecule has 2 unspecified atom stereocenters. The van der Waals surface area contributed by atoms with E-state index in [9.17, 15) is 0 Å². The van der Waals surface area contributed by atoms with Gasteiger partial charge in [0.25, 0.3) is 0 Å². The molecule has 2 atom stereocenters. The fourth-order valence-electron chi connectivity index (χ4n) is 3.20. The van der Waals surface area contributed by atoms with Gasteiger partial charge in [-0.25, -0.2) is 0 Å². The molecule has 2 aliphatic rings. The molecule has 1 fully saturated rings. The van der Waals surface area contributed by atoms with Crippen molar-refractivity contribution in [2.24, 2.45) is 17.8 Å². The Labute approximate surface area is 101 Å². The number of hydrogen-bond donors (Lipinski definition) is 0. The Kier molecular flexibility index (Phi) is 3.73. The van der Waals surface area contributed by atoms with Crippen molar-refractivity contribution in [3.8, 4) is 0 Å². The number of allylic oxidation sites excluding steroid dienone is 1. The molecule has 2 bridgehead atoms. The van der Waals surface area contributed by atoms with E-state index in [2.05, 4.69) is 38.7 Å². The van der Waals surface area contributed by atoms with E-state index >= 15 is 0 Å². The summed E-state index contributed by atoms with van der Waals surface area (Å²) in [6, 6.07) is 0.720. The summed E-state index contributed by atoms with van der Waals surface area (Å²) in [6.07, 6.45) is 6.83. The van der Waals surface area contributed by atoms with Crippen molar-refractivity contribution in [1.82, 2.24) is 4.90 Å². The lowest BCUT2D eigenvalue weighted by Gasteiger charge is -2.32. The largest absolute Gasteiger partial charge is 0.300 e. The zero-order valence-corrected chi connectivity index (χ0v) is 11.4. The van der Waals surface area contributed by atoms with Gasteiger partial charge < -0.3 is 4.90 Å². The highest BCUT2D eigenvalue weighted by Crippen LogP contribution is 2.34. The first-order valence-electron chi connectivity index (χ1n) is 7.01. The zero-order chi connectivity index (χ0) is 11.7. The zero-order valence-electron chi connectivity index (χ0n) is 11.4. The van der Waals surface area contributed by atoms with Crippen LogP contribution >= 0.6 is 0 Å². The third kappa shape index (κ3) is 2.68. The number of hydrogen-bond acceptors (Lipinski definition) is 1. The van der Waals surface area contributed by atoms with Gasteiger partial charge in [0.2, 0.25) is 0 Å². The van der Waals surface area contributed by atoms with Gasteiger partial charge in [-0.1, -0.05) is 25.5 Å². The van der Waals surface area contributed by atoms with E-state index < -0.39 is 0 Å². The molecule has 1 heterocycles. The van der Waals surface area contributed by atoms with Gasteiger partial charge in [-0.05, 0) is 50.9 Å². The quantitative estimate of drug-likeness (QED) is 0.643. The maximum Gasteiger partial charge on any atom is 0.00473 e. The molecular weight excluding hydrogens is 194 g/mol. The van der Waals surface area contributed by atoms with Gasteiger partial charge in [-0.2, -0.15) is 0 Å². The molecule has 1 aliphatic heterocycles. The summed E-state index contributed by atoms with van der Waals surface area (Å²) in [5, 5.41) is 0. The summed E-state index contributed by atoms with van der Waals surface area (Å²) in [6.45, 7) is 12.0. The van der Waals surface area contributed by atoms with Crippen molar-refractivity contribution < 1.29 is 0 Å². The maximum atomic E-state index is 2.69. The summed E-state index contributed by atoms with van der Waals surface area (Å²) in [5.74, 6) is 2.50. The minimum Gasteiger partial charge on any atom is -0.300 e. The summed E-state index contributed by atoms with van der Waals surface area (Å²) in [5.41, 5.74) is 1.73. The van der Waals surface area contributed by atoms with E-state index in [1.807, 2.05) is 0 Å². The van der Waals surface area contributed by atoms with Gasteiger partial charge in [0.05, 0.1) is 0 Å². The van der Waals surface area contributed by atoms with Crippen molar-refractivity contribution in [3.05, 3.63) is 11.6 Å². The van der Waals surface area contributed by atoms with Crippen LogP contribution in [0.4, 0.5) is 0 Å². The summed E-state index contributed by atoms with van der Waals surface area (Å²) < 4.78 is 0. The monoisotopic (exact) mass is 221 g/mol. The summed E-state index contributed by atoms with van der Waals surface area (Å²) >= 11 is 0. The van der Waals surface area contributed by atoms with Crippen molar-refractivity contribution in [3.63, 3.8) is 0 Å². The van der Waals surface area contributed by atoms with Crippen LogP contribution < -0.4 is 0 Å². The smallest absolute Gasteiger partial charge is 0.00473 e. The van der Waals surface area contributed by atoms with Gasteiger partial charge in [0, 0.05) is 19.1 Å². The topological polar surface area (TPSA) is 3.24 Å². The van der Waals surface area contributed by atoms with Crippen LogP contribution in [0.3, 0.4) is 0 Å². The van der Waals surface area contributed by atoms with E-state index in [-0.39, 0.29) is 0 Å². The van der Waals surface area contributed by atoms with Gasteiger partial charge in [-0.15, -0.1) is 0 Å². The minimum absolute atomic E-state index is 0.720. The van der Waals surface area contributed by atoms with E-state index in [1.54, 1.807) is 5.57 Å². The highest BCUT2D eigenvalue weighted by Gasteiger charge is 2.28. The molecule has 0 saturated carbocycles. The molecule has 0 aromatic rings. The van der Waals surface area contributed by atoms with Crippen LogP contribution in [0.2, 0.25) is 0 Å². The second-order valence-electron chi connectivity index (χ2n) is 6.35. The van der Waals surface area contributed by atoms with E-state index in [0.29, 0.717) is 0 Å². The predicted octanol–water partition coefficient (Wildman–Crippen LogP) is 3.71. The average molecular weight is 221 g/mol. The Balaban J connectivity index is 2.15. The molecule has 2 rings (SSSR count). The second kappa shape index (κ2) is 4.91. The number of rotatable bonds is 2. The molecule has 1 heteroatoms. The van der Waals surface area contributed by atoms with Gasteiger partial charge in [0.15, 0.2) is 0 Å². The normalized spacial score (nSPS) is 31.8. The van der Waals surface area contributed by atoms with E-state index in [0.717, 1.165) is 23.8 Å². The number of fused-ring (bicyclic) bond motifs is 3. The Morgan fingerprint density at radius 3 is 2.50 bits per heavy atom. The molecular formula is C15H27N. The van der Waals surface area contributed by atoms with Crippen LogP contribution in [0.1, 0.15) is 47.0 Å². The van der Waals surface area contributed by atoms with Crippen molar-refractivity contribution in [1.29, 1.82) is 0 Å². The average Bonchev–Trinajstić information content (AvgIpc) is 2.47. The van der Waals surface area contributed by atoms with E-state index in [4.69, 9.17) is 0 Å². The highest BCUT2D eigenvalue weighted by atomic mass is 15.2. The molecule has 0 spiro atoms.